The second-order valence-electron chi connectivity index (χ2n) is 4.21. The molecule has 0 aliphatic rings. The third kappa shape index (κ3) is 1.95. The minimum atomic E-state index is -1.10. The van der Waals surface area contributed by atoms with Gasteiger partial charge in [0, 0.05) is 28.9 Å². The summed E-state index contributed by atoms with van der Waals surface area (Å²) in [6.45, 7) is 1.94. The third-order valence-electron chi connectivity index (χ3n) is 2.98. The smallest absolute Gasteiger partial charge is 0.358 e. The summed E-state index contributed by atoms with van der Waals surface area (Å²) in [5.41, 5.74) is 1.65. The van der Waals surface area contributed by atoms with Gasteiger partial charge in [-0.2, -0.15) is 0 Å². The Morgan fingerprint density at radius 2 is 2.11 bits per heavy atom. The molecule has 0 saturated carbocycles. The van der Waals surface area contributed by atoms with Crippen LogP contribution in [0.2, 0.25) is 0 Å². The van der Waals surface area contributed by atoms with Crippen LogP contribution in [0.3, 0.4) is 0 Å². The molecule has 19 heavy (non-hydrogen) atoms. The predicted molar refractivity (Wildman–Crippen MR) is 68.9 cm³/mol. The number of aryl methyl sites for hydroxylation is 1. The average molecular weight is 254 g/mol. The normalized spacial score (nSPS) is 10.8. The van der Waals surface area contributed by atoms with Gasteiger partial charge in [-0.15, -0.1) is 0 Å². The van der Waals surface area contributed by atoms with Gasteiger partial charge in [0.2, 0.25) is 0 Å². The van der Waals surface area contributed by atoms with Gasteiger partial charge in [-0.3, -0.25) is 4.98 Å². The second kappa shape index (κ2) is 4.20. The van der Waals surface area contributed by atoms with Crippen LogP contribution in [0.15, 0.2) is 41.1 Å². The van der Waals surface area contributed by atoms with Crippen LogP contribution in [0.1, 0.15) is 16.2 Å². The number of fused-ring (bicyclic) bond motifs is 1. The van der Waals surface area contributed by atoms with E-state index in [0.717, 1.165) is 22.0 Å². The molecule has 0 atom stereocenters. The van der Waals surface area contributed by atoms with E-state index in [1.165, 1.54) is 6.07 Å². The minimum absolute atomic E-state index is 0.0963. The summed E-state index contributed by atoms with van der Waals surface area (Å²) in [5.74, 6) is -0.662. The minimum Gasteiger partial charge on any atom is -0.476 e. The van der Waals surface area contributed by atoms with E-state index in [9.17, 15) is 4.79 Å². The molecule has 2 aromatic heterocycles. The maximum absolute atomic E-state index is 10.8. The van der Waals surface area contributed by atoms with E-state index >= 15 is 0 Å². The Labute approximate surface area is 108 Å². The number of carboxylic acid groups (broad SMARTS) is 1. The topological polar surface area (TPSA) is 76.2 Å². The highest BCUT2D eigenvalue weighted by Crippen LogP contribution is 2.25. The molecule has 3 rings (SSSR count). The monoisotopic (exact) mass is 254 g/mol. The number of aromatic nitrogens is 2. The van der Waals surface area contributed by atoms with Gasteiger partial charge in [0.1, 0.15) is 0 Å². The fraction of sp³-hybridized carbons (Fsp3) is 0.0714. The van der Waals surface area contributed by atoms with E-state index in [-0.39, 0.29) is 5.69 Å². The maximum Gasteiger partial charge on any atom is 0.358 e. The zero-order chi connectivity index (χ0) is 13.4. The van der Waals surface area contributed by atoms with Gasteiger partial charge in [-0.05, 0) is 24.4 Å². The average Bonchev–Trinajstić information content (AvgIpc) is 2.88. The summed E-state index contributed by atoms with van der Waals surface area (Å²) in [6, 6.07) is 9.05. The van der Waals surface area contributed by atoms with Crippen molar-refractivity contribution in [3.8, 4) is 11.3 Å². The van der Waals surface area contributed by atoms with Crippen molar-refractivity contribution in [1.29, 1.82) is 0 Å². The fourth-order valence-corrected chi connectivity index (χ4v) is 1.99. The Balaban J connectivity index is 2.12. The van der Waals surface area contributed by atoms with Crippen LogP contribution < -0.4 is 0 Å². The lowest BCUT2D eigenvalue weighted by molar-refractivity contribution is 0.0686. The molecule has 5 nitrogen and oxygen atoms in total. The standard InChI is InChI=1S/C14H10N2O3/c1-8-11-3-2-10(6-9(11)4-5-15-8)13-7-12(14(17)18)16-19-13/h2-7H,1H3,(H,17,18). The van der Waals surface area contributed by atoms with Crippen LogP contribution >= 0.6 is 0 Å². The molecule has 5 heteroatoms. The number of benzene rings is 1. The highest BCUT2D eigenvalue weighted by molar-refractivity contribution is 5.89. The van der Waals surface area contributed by atoms with Crippen LogP contribution in [-0.4, -0.2) is 21.2 Å². The molecular weight excluding hydrogens is 244 g/mol. The first-order chi connectivity index (χ1) is 9.15. The molecule has 0 spiro atoms. The molecule has 0 aliphatic heterocycles. The molecule has 3 aromatic rings. The lowest BCUT2D eigenvalue weighted by atomic mass is 10.1. The molecule has 0 radical (unpaired) electrons. The third-order valence-corrected chi connectivity index (χ3v) is 2.98. The Hall–Kier alpha value is -2.69. The van der Waals surface area contributed by atoms with Crippen LogP contribution in [0.5, 0.6) is 0 Å². The number of nitrogens with zero attached hydrogens (tertiary/aromatic N) is 2. The highest BCUT2D eigenvalue weighted by Gasteiger charge is 2.12. The molecular formula is C14H10N2O3. The van der Waals surface area contributed by atoms with Gasteiger partial charge < -0.3 is 9.63 Å². The summed E-state index contributed by atoms with van der Waals surface area (Å²) in [4.78, 5) is 15.0. The zero-order valence-corrected chi connectivity index (χ0v) is 10.1. The SMILES string of the molecule is Cc1nccc2cc(-c3cc(C(=O)O)no3)ccc12. The van der Waals surface area contributed by atoms with E-state index < -0.39 is 5.97 Å². The summed E-state index contributed by atoms with van der Waals surface area (Å²) in [7, 11) is 0. The zero-order valence-electron chi connectivity index (χ0n) is 10.1. The van der Waals surface area contributed by atoms with E-state index in [1.54, 1.807) is 6.20 Å². The van der Waals surface area contributed by atoms with Crippen LogP contribution in [0.4, 0.5) is 0 Å². The molecule has 0 amide bonds. The van der Waals surface area contributed by atoms with Crippen LogP contribution in [0.25, 0.3) is 22.1 Å². The molecule has 0 fully saturated rings. The molecule has 0 saturated heterocycles. The first-order valence-electron chi connectivity index (χ1n) is 5.71. The van der Waals surface area contributed by atoms with E-state index in [2.05, 4.69) is 10.1 Å². The largest absolute Gasteiger partial charge is 0.476 e. The Bertz CT molecular complexity index is 777. The highest BCUT2D eigenvalue weighted by atomic mass is 16.5. The van der Waals surface area contributed by atoms with Crippen LogP contribution in [0, 0.1) is 6.92 Å². The van der Waals surface area contributed by atoms with E-state index in [1.807, 2.05) is 31.2 Å². The van der Waals surface area contributed by atoms with Crippen LogP contribution in [-0.2, 0) is 0 Å². The molecule has 1 N–H and O–H groups in total. The van der Waals surface area contributed by atoms with Gasteiger partial charge in [0.05, 0.1) is 0 Å². The van der Waals surface area contributed by atoms with Gasteiger partial charge in [0.25, 0.3) is 0 Å². The van der Waals surface area contributed by atoms with Gasteiger partial charge >= 0.3 is 5.97 Å². The summed E-state index contributed by atoms with van der Waals surface area (Å²) >= 11 is 0. The predicted octanol–water partition coefficient (Wildman–Crippen LogP) is 2.90. The van der Waals surface area contributed by atoms with Crippen molar-refractivity contribution < 1.29 is 14.4 Å². The van der Waals surface area contributed by atoms with E-state index in [0.29, 0.717) is 5.76 Å². The van der Waals surface area contributed by atoms with Gasteiger partial charge in [-0.1, -0.05) is 17.3 Å². The number of hydrogen-bond acceptors (Lipinski definition) is 4. The first-order valence-corrected chi connectivity index (χ1v) is 5.71. The molecule has 0 bridgehead atoms. The number of aromatic carboxylic acids is 1. The number of rotatable bonds is 2. The number of pyridine rings is 1. The van der Waals surface area contributed by atoms with Crippen molar-refractivity contribution >= 4 is 16.7 Å². The number of hydrogen-bond donors (Lipinski definition) is 1. The Morgan fingerprint density at radius 1 is 1.26 bits per heavy atom. The van der Waals surface area contributed by atoms with Crippen molar-refractivity contribution in [3.05, 3.63) is 47.9 Å². The lowest BCUT2D eigenvalue weighted by Crippen LogP contribution is -1.94. The summed E-state index contributed by atoms with van der Waals surface area (Å²) in [6.07, 6.45) is 1.74. The number of carboxylic acids is 1. The lowest BCUT2D eigenvalue weighted by Gasteiger charge is -2.02. The van der Waals surface area contributed by atoms with Crippen molar-refractivity contribution in [1.82, 2.24) is 10.1 Å². The quantitative estimate of drug-likeness (QED) is 0.760. The molecule has 1 aromatic carbocycles. The Morgan fingerprint density at radius 3 is 2.84 bits per heavy atom. The first kappa shape index (κ1) is 11.4. The van der Waals surface area contributed by atoms with Crippen molar-refractivity contribution in [2.75, 3.05) is 0 Å². The molecule has 94 valence electrons. The summed E-state index contributed by atoms with van der Waals surface area (Å²) < 4.78 is 5.04. The molecule has 0 unspecified atom stereocenters. The molecule has 2 heterocycles. The maximum atomic E-state index is 10.8. The van der Waals surface area contributed by atoms with Crippen molar-refractivity contribution in [2.24, 2.45) is 0 Å². The summed E-state index contributed by atoms with van der Waals surface area (Å²) in [5, 5.41) is 14.4. The van der Waals surface area contributed by atoms with Gasteiger partial charge in [-0.25, -0.2) is 4.79 Å². The van der Waals surface area contributed by atoms with Crippen molar-refractivity contribution in [3.63, 3.8) is 0 Å². The van der Waals surface area contributed by atoms with Gasteiger partial charge in [0.15, 0.2) is 11.5 Å². The number of carbonyl (C=O) groups is 1. The Kier molecular flexibility index (Phi) is 2.52. The fourth-order valence-electron chi connectivity index (χ4n) is 1.99. The second-order valence-corrected chi connectivity index (χ2v) is 4.21. The molecule has 0 aliphatic carbocycles. The van der Waals surface area contributed by atoms with Crippen molar-refractivity contribution in [2.45, 2.75) is 6.92 Å². The van der Waals surface area contributed by atoms with E-state index in [4.69, 9.17) is 9.63 Å².